The molecule has 1 saturated carbocycles. The molecule has 108 valence electrons. The minimum atomic E-state index is -0.821. The highest BCUT2D eigenvalue weighted by Crippen LogP contribution is 2.38. The first kappa shape index (κ1) is 14.6. The second-order valence-corrected chi connectivity index (χ2v) is 5.80. The summed E-state index contributed by atoms with van der Waals surface area (Å²) in [6.45, 7) is 5.89. The van der Waals surface area contributed by atoms with Crippen LogP contribution in [0.2, 0.25) is 0 Å². The summed E-state index contributed by atoms with van der Waals surface area (Å²) in [5.74, 6) is -0.132. The van der Waals surface area contributed by atoms with E-state index in [0.717, 1.165) is 29.8 Å². The lowest BCUT2D eigenvalue weighted by atomic mass is 9.86. The molecule has 1 aromatic heterocycles. The normalized spacial score (nSPS) is 18.6. The first-order valence-electron chi connectivity index (χ1n) is 7.13. The number of aromatic nitrogens is 2. The molecule has 2 rings (SSSR count). The largest absolute Gasteiger partial charge is 0.348 e. The Hall–Kier alpha value is -1.83. The number of nitriles is 1. The Balaban J connectivity index is 2.18. The molecule has 0 bridgehead atoms. The molecule has 1 aliphatic rings. The van der Waals surface area contributed by atoms with Crippen LogP contribution in [0.1, 0.15) is 55.6 Å². The van der Waals surface area contributed by atoms with Crippen molar-refractivity contribution in [2.75, 3.05) is 0 Å². The molecule has 1 heterocycles. The molecule has 0 aromatic carbocycles. The number of nitrogens with one attached hydrogen (secondary N) is 1. The van der Waals surface area contributed by atoms with Gasteiger partial charge >= 0.3 is 0 Å². The van der Waals surface area contributed by atoms with Crippen LogP contribution in [0, 0.1) is 30.6 Å². The lowest BCUT2D eigenvalue weighted by molar-refractivity contribution is -0.128. The van der Waals surface area contributed by atoms with Crippen molar-refractivity contribution in [3.8, 4) is 6.07 Å². The van der Waals surface area contributed by atoms with E-state index in [1.165, 1.54) is 0 Å². The van der Waals surface area contributed by atoms with E-state index in [4.69, 9.17) is 0 Å². The predicted molar refractivity (Wildman–Crippen MR) is 75.8 cm³/mol. The van der Waals surface area contributed by atoms with Gasteiger partial charge in [0, 0.05) is 18.3 Å². The lowest BCUT2D eigenvalue weighted by Crippen LogP contribution is -2.39. The molecule has 1 unspecified atom stereocenters. The van der Waals surface area contributed by atoms with Crippen LogP contribution >= 0.6 is 0 Å². The number of rotatable bonds is 3. The average molecular weight is 274 g/mol. The lowest BCUT2D eigenvalue weighted by Gasteiger charge is -2.23. The summed E-state index contributed by atoms with van der Waals surface area (Å²) in [4.78, 5) is 12.5. The van der Waals surface area contributed by atoms with Gasteiger partial charge in [-0.1, -0.05) is 12.8 Å². The number of carbonyl (C=O) groups is 1. The molecule has 20 heavy (non-hydrogen) atoms. The van der Waals surface area contributed by atoms with Gasteiger partial charge < -0.3 is 5.32 Å². The van der Waals surface area contributed by atoms with Crippen molar-refractivity contribution in [1.82, 2.24) is 15.1 Å². The molecular weight excluding hydrogens is 252 g/mol. The van der Waals surface area contributed by atoms with E-state index in [-0.39, 0.29) is 11.9 Å². The molecule has 1 fully saturated rings. The van der Waals surface area contributed by atoms with Crippen LogP contribution in [0.5, 0.6) is 0 Å². The number of carbonyl (C=O) groups excluding carboxylic acids is 1. The molecule has 1 atom stereocenters. The van der Waals surface area contributed by atoms with E-state index in [1.54, 1.807) is 0 Å². The van der Waals surface area contributed by atoms with E-state index in [1.807, 2.05) is 32.5 Å². The van der Waals surface area contributed by atoms with Crippen LogP contribution in [0.25, 0.3) is 0 Å². The van der Waals surface area contributed by atoms with Gasteiger partial charge in [-0.05, 0) is 33.6 Å². The fraction of sp³-hybridized carbons (Fsp3) is 0.667. The first-order chi connectivity index (χ1) is 9.41. The summed E-state index contributed by atoms with van der Waals surface area (Å²) in [6, 6.07) is 2.11. The Kier molecular flexibility index (Phi) is 3.85. The topological polar surface area (TPSA) is 70.7 Å². The highest BCUT2D eigenvalue weighted by Gasteiger charge is 2.42. The van der Waals surface area contributed by atoms with E-state index in [2.05, 4.69) is 16.5 Å². The smallest absolute Gasteiger partial charge is 0.240 e. The van der Waals surface area contributed by atoms with Crippen molar-refractivity contribution in [3.05, 3.63) is 17.0 Å². The summed E-state index contributed by atoms with van der Waals surface area (Å²) in [5.41, 5.74) is 2.20. The van der Waals surface area contributed by atoms with Crippen molar-refractivity contribution in [2.45, 2.75) is 52.5 Å². The minimum absolute atomic E-state index is 0.123. The van der Waals surface area contributed by atoms with E-state index in [9.17, 15) is 10.1 Å². The van der Waals surface area contributed by atoms with Gasteiger partial charge in [-0.2, -0.15) is 10.4 Å². The molecule has 1 aromatic rings. The van der Waals surface area contributed by atoms with Crippen molar-refractivity contribution in [2.24, 2.45) is 12.5 Å². The van der Waals surface area contributed by atoms with E-state index >= 15 is 0 Å². The van der Waals surface area contributed by atoms with Gasteiger partial charge in [0.25, 0.3) is 0 Å². The van der Waals surface area contributed by atoms with Gasteiger partial charge in [-0.25, -0.2) is 0 Å². The molecule has 0 aliphatic heterocycles. The van der Waals surface area contributed by atoms with Crippen LogP contribution in [-0.2, 0) is 11.8 Å². The maximum absolute atomic E-state index is 12.5. The molecule has 5 nitrogen and oxygen atoms in total. The van der Waals surface area contributed by atoms with E-state index in [0.29, 0.717) is 12.8 Å². The second-order valence-electron chi connectivity index (χ2n) is 5.80. The Morgan fingerprint density at radius 3 is 2.50 bits per heavy atom. The van der Waals surface area contributed by atoms with Gasteiger partial charge in [0.05, 0.1) is 17.8 Å². The zero-order valence-electron chi connectivity index (χ0n) is 12.7. The summed E-state index contributed by atoms with van der Waals surface area (Å²) < 4.78 is 1.82. The highest BCUT2D eigenvalue weighted by molar-refractivity contribution is 5.86. The molecule has 0 spiro atoms. The maximum atomic E-state index is 12.5. The summed E-state index contributed by atoms with van der Waals surface area (Å²) in [5, 5.41) is 16.7. The third-order valence-electron chi connectivity index (χ3n) is 4.45. The van der Waals surface area contributed by atoms with Crippen molar-refractivity contribution in [1.29, 1.82) is 5.26 Å². The highest BCUT2D eigenvalue weighted by atomic mass is 16.2. The second kappa shape index (κ2) is 5.28. The maximum Gasteiger partial charge on any atom is 0.240 e. The minimum Gasteiger partial charge on any atom is -0.348 e. The number of hydrogen-bond donors (Lipinski definition) is 1. The molecular formula is C15H22N4O. The number of nitrogens with zero attached hydrogens (tertiary/aromatic N) is 3. The Labute approximate surface area is 120 Å². The van der Waals surface area contributed by atoms with Crippen LogP contribution in [-0.4, -0.2) is 15.7 Å². The molecule has 5 heteroatoms. The molecule has 1 N–H and O–H groups in total. The molecule has 0 radical (unpaired) electrons. The molecule has 0 saturated heterocycles. The molecule has 1 amide bonds. The van der Waals surface area contributed by atoms with E-state index < -0.39 is 5.41 Å². The van der Waals surface area contributed by atoms with Crippen molar-refractivity contribution < 1.29 is 4.79 Å². The van der Waals surface area contributed by atoms with Gasteiger partial charge in [0.15, 0.2) is 0 Å². The number of amides is 1. The predicted octanol–water partition coefficient (Wildman–Crippen LogP) is 2.30. The van der Waals surface area contributed by atoms with Gasteiger partial charge in [-0.15, -0.1) is 0 Å². The molecule has 1 aliphatic carbocycles. The van der Waals surface area contributed by atoms with Gasteiger partial charge in [-0.3, -0.25) is 9.48 Å². The fourth-order valence-electron chi connectivity index (χ4n) is 3.19. The third-order valence-corrected chi connectivity index (χ3v) is 4.45. The zero-order chi connectivity index (χ0) is 14.9. The zero-order valence-corrected chi connectivity index (χ0v) is 12.7. The Morgan fingerprint density at radius 1 is 1.45 bits per heavy atom. The Bertz CT molecular complexity index is 561. The first-order valence-corrected chi connectivity index (χ1v) is 7.13. The summed E-state index contributed by atoms with van der Waals surface area (Å²) in [6.07, 6.45) is 3.26. The standard InChI is InChI=1S/C15H22N4O/c1-10(13-11(2)18-19(4)12(13)3)17-14(20)15(9-16)7-5-6-8-15/h10H,5-8H2,1-4H3,(H,17,20). The third kappa shape index (κ3) is 2.31. The van der Waals surface area contributed by atoms with Crippen molar-refractivity contribution in [3.63, 3.8) is 0 Å². The summed E-state index contributed by atoms with van der Waals surface area (Å²) >= 11 is 0. The SMILES string of the molecule is Cc1nn(C)c(C)c1C(C)NC(=O)C1(C#N)CCCC1. The van der Waals surface area contributed by atoms with Crippen LogP contribution in [0.4, 0.5) is 0 Å². The Morgan fingerprint density at radius 2 is 2.05 bits per heavy atom. The summed E-state index contributed by atoms with van der Waals surface area (Å²) in [7, 11) is 1.90. The number of hydrogen-bond acceptors (Lipinski definition) is 3. The van der Waals surface area contributed by atoms with Gasteiger partial charge in [0.1, 0.15) is 5.41 Å². The van der Waals surface area contributed by atoms with Crippen molar-refractivity contribution >= 4 is 5.91 Å². The van der Waals surface area contributed by atoms with Gasteiger partial charge in [0.2, 0.25) is 5.91 Å². The fourth-order valence-corrected chi connectivity index (χ4v) is 3.19. The number of aryl methyl sites for hydroxylation is 2. The van der Waals surface area contributed by atoms with Crippen LogP contribution < -0.4 is 5.32 Å². The quantitative estimate of drug-likeness (QED) is 0.919. The van der Waals surface area contributed by atoms with Crippen LogP contribution in [0.3, 0.4) is 0 Å². The monoisotopic (exact) mass is 274 g/mol. The average Bonchev–Trinajstić information content (AvgIpc) is 2.96. The van der Waals surface area contributed by atoms with Crippen LogP contribution in [0.15, 0.2) is 0 Å².